The van der Waals surface area contributed by atoms with Crippen LogP contribution in [0.3, 0.4) is 0 Å². The molecule has 1 aromatic heterocycles. The van der Waals surface area contributed by atoms with Gasteiger partial charge in [0.25, 0.3) is 0 Å². The summed E-state index contributed by atoms with van der Waals surface area (Å²) >= 11 is 5.82. The van der Waals surface area contributed by atoms with E-state index in [1.54, 1.807) is 12.3 Å². The van der Waals surface area contributed by atoms with Gasteiger partial charge in [-0.15, -0.1) is 0 Å². The normalized spacial score (nSPS) is 8.85. The van der Waals surface area contributed by atoms with E-state index < -0.39 is 0 Å². The second kappa shape index (κ2) is 4.70. The van der Waals surface area contributed by atoms with Crippen LogP contribution in [0.2, 0.25) is 5.02 Å². The third-order valence-electron chi connectivity index (χ3n) is 1.34. The first-order valence-electron chi connectivity index (χ1n) is 3.66. The number of pyridine rings is 1. The largest absolute Gasteiger partial charge is 0.480 e. The number of nitrogens with two attached hydrogens (primary N) is 1. The molecule has 13 heavy (non-hydrogen) atoms. The number of nitrogens with zero attached hydrogens (tertiary/aromatic N) is 1. The van der Waals surface area contributed by atoms with Crippen molar-refractivity contribution in [3.05, 3.63) is 22.8 Å². The molecule has 0 saturated carbocycles. The van der Waals surface area contributed by atoms with E-state index in [1.165, 1.54) is 7.11 Å². The van der Waals surface area contributed by atoms with Gasteiger partial charge in [-0.1, -0.05) is 23.4 Å². The fourth-order valence-corrected chi connectivity index (χ4v) is 1.04. The maximum atomic E-state index is 5.82. The van der Waals surface area contributed by atoms with Crippen LogP contribution in [-0.2, 0) is 0 Å². The van der Waals surface area contributed by atoms with Crippen molar-refractivity contribution in [2.45, 2.75) is 0 Å². The van der Waals surface area contributed by atoms with Gasteiger partial charge in [0.1, 0.15) is 5.02 Å². The summed E-state index contributed by atoms with van der Waals surface area (Å²) in [5, 5.41) is 0.450. The molecule has 0 aliphatic carbocycles. The van der Waals surface area contributed by atoms with E-state index in [0.717, 1.165) is 5.56 Å². The lowest BCUT2D eigenvalue weighted by molar-refractivity contribution is 0.398. The van der Waals surface area contributed by atoms with E-state index in [-0.39, 0.29) is 0 Å². The van der Waals surface area contributed by atoms with Crippen molar-refractivity contribution in [3.63, 3.8) is 0 Å². The van der Waals surface area contributed by atoms with Gasteiger partial charge in [-0.2, -0.15) is 0 Å². The minimum Gasteiger partial charge on any atom is -0.480 e. The van der Waals surface area contributed by atoms with E-state index in [0.29, 0.717) is 17.4 Å². The Morgan fingerprint density at radius 3 is 3.00 bits per heavy atom. The average molecular weight is 197 g/mol. The second-order valence-corrected chi connectivity index (χ2v) is 2.63. The van der Waals surface area contributed by atoms with Crippen LogP contribution in [0.1, 0.15) is 5.56 Å². The number of ether oxygens (including phenoxy) is 1. The third kappa shape index (κ3) is 2.62. The first-order chi connectivity index (χ1) is 6.27. The molecule has 0 bridgehead atoms. The minimum atomic E-state index is 0.323. The zero-order chi connectivity index (χ0) is 9.68. The maximum Gasteiger partial charge on any atom is 0.232 e. The maximum absolute atomic E-state index is 5.82. The molecule has 0 saturated heterocycles. The van der Waals surface area contributed by atoms with Gasteiger partial charge in [0, 0.05) is 11.8 Å². The predicted octanol–water partition coefficient (Wildman–Crippen LogP) is 1.05. The summed E-state index contributed by atoms with van der Waals surface area (Å²) in [5.41, 5.74) is 5.95. The number of rotatable bonds is 1. The van der Waals surface area contributed by atoms with Gasteiger partial charge in [0.05, 0.1) is 13.7 Å². The lowest BCUT2D eigenvalue weighted by atomic mass is 10.3. The number of methoxy groups -OCH3 is 1. The smallest absolute Gasteiger partial charge is 0.232 e. The minimum absolute atomic E-state index is 0.323. The molecule has 4 heteroatoms. The van der Waals surface area contributed by atoms with Crippen LogP contribution in [0, 0.1) is 11.8 Å². The van der Waals surface area contributed by atoms with Crippen LogP contribution in [-0.4, -0.2) is 18.6 Å². The van der Waals surface area contributed by atoms with Crippen LogP contribution < -0.4 is 10.5 Å². The molecular weight excluding hydrogens is 188 g/mol. The number of halogens is 1. The molecule has 0 amide bonds. The van der Waals surface area contributed by atoms with Gasteiger partial charge in [0.15, 0.2) is 0 Å². The van der Waals surface area contributed by atoms with Gasteiger partial charge < -0.3 is 10.5 Å². The zero-order valence-electron chi connectivity index (χ0n) is 7.17. The molecule has 0 radical (unpaired) electrons. The zero-order valence-corrected chi connectivity index (χ0v) is 7.93. The molecule has 2 N–H and O–H groups in total. The molecule has 0 atom stereocenters. The van der Waals surface area contributed by atoms with E-state index in [9.17, 15) is 0 Å². The van der Waals surface area contributed by atoms with Crippen molar-refractivity contribution < 1.29 is 4.74 Å². The highest BCUT2D eigenvalue weighted by atomic mass is 35.5. The Bertz CT molecular complexity index is 354. The molecule has 1 aromatic rings. The molecular formula is C9H9ClN2O. The second-order valence-electron chi connectivity index (χ2n) is 2.22. The summed E-state index contributed by atoms with van der Waals surface area (Å²) < 4.78 is 4.89. The molecule has 68 valence electrons. The van der Waals surface area contributed by atoms with Gasteiger partial charge in [0.2, 0.25) is 5.88 Å². The van der Waals surface area contributed by atoms with E-state index in [1.807, 2.05) is 0 Å². The molecule has 0 aliphatic rings. The van der Waals surface area contributed by atoms with Gasteiger partial charge in [-0.3, -0.25) is 0 Å². The van der Waals surface area contributed by atoms with Crippen molar-refractivity contribution in [1.29, 1.82) is 0 Å². The Labute approximate surface area is 81.9 Å². The van der Waals surface area contributed by atoms with Crippen molar-refractivity contribution in [2.24, 2.45) is 5.73 Å². The predicted molar refractivity (Wildman–Crippen MR) is 51.7 cm³/mol. The Balaban J connectivity index is 2.96. The summed E-state index contributed by atoms with van der Waals surface area (Å²) in [5.74, 6) is 5.93. The molecule has 0 aromatic carbocycles. The number of aromatic nitrogens is 1. The standard InChI is InChI=1S/C9H9ClN2O/c1-13-9-8(10)5-7(6-12-9)3-2-4-11/h5-6H,4,11H2,1H3. The summed E-state index contributed by atoms with van der Waals surface area (Å²) in [7, 11) is 1.51. The van der Waals surface area contributed by atoms with Crippen molar-refractivity contribution >= 4 is 11.6 Å². The lowest BCUT2D eigenvalue weighted by Gasteiger charge is -2.00. The summed E-state index contributed by atoms with van der Waals surface area (Å²) in [6.07, 6.45) is 1.59. The van der Waals surface area contributed by atoms with E-state index in [4.69, 9.17) is 22.1 Å². The monoisotopic (exact) mass is 196 g/mol. The Hall–Kier alpha value is -1.24. The lowest BCUT2D eigenvalue weighted by Crippen LogP contribution is -1.93. The molecule has 3 nitrogen and oxygen atoms in total. The quantitative estimate of drug-likeness (QED) is 0.684. The van der Waals surface area contributed by atoms with E-state index >= 15 is 0 Å². The topological polar surface area (TPSA) is 48.1 Å². The molecule has 1 heterocycles. The molecule has 0 aliphatic heterocycles. The van der Waals surface area contributed by atoms with Crippen LogP contribution in [0.5, 0.6) is 5.88 Å². The molecule has 0 fully saturated rings. The van der Waals surface area contributed by atoms with Crippen molar-refractivity contribution in [3.8, 4) is 17.7 Å². The first-order valence-corrected chi connectivity index (χ1v) is 4.04. The van der Waals surface area contributed by atoms with Crippen LogP contribution in [0.4, 0.5) is 0 Å². The number of hydrogen-bond donors (Lipinski definition) is 1. The van der Waals surface area contributed by atoms with Gasteiger partial charge >= 0.3 is 0 Å². The Kier molecular flexibility index (Phi) is 3.56. The van der Waals surface area contributed by atoms with Crippen molar-refractivity contribution in [2.75, 3.05) is 13.7 Å². The summed E-state index contributed by atoms with van der Waals surface area (Å²) in [6, 6.07) is 1.69. The fraction of sp³-hybridized carbons (Fsp3) is 0.222. The average Bonchev–Trinajstić information content (AvgIpc) is 2.15. The van der Waals surface area contributed by atoms with E-state index in [2.05, 4.69) is 16.8 Å². The third-order valence-corrected chi connectivity index (χ3v) is 1.61. The molecule has 0 unspecified atom stereocenters. The molecule has 0 spiro atoms. The van der Waals surface area contributed by atoms with Gasteiger partial charge in [-0.05, 0) is 6.07 Å². The summed E-state index contributed by atoms with van der Waals surface area (Å²) in [4.78, 5) is 3.95. The fourth-order valence-electron chi connectivity index (χ4n) is 0.797. The first kappa shape index (κ1) is 9.85. The Morgan fingerprint density at radius 2 is 2.46 bits per heavy atom. The SMILES string of the molecule is COc1ncc(C#CCN)cc1Cl. The number of hydrogen-bond acceptors (Lipinski definition) is 3. The Morgan fingerprint density at radius 1 is 1.69 bits per heavy atom. The van der Waals surface area contributed by atoms with Gasteiger partial charge in [-0.25, -0.2) is 4.98 Å². The highest BCUT2D eigenvalue weighted by molar-refractivity contribution is 6.31. The highest BCUT2D eigenvalue weighted by Gasteiger charge is 2.00. The van der Waals surface area contributed by atoms with Crippen LogP contribution in [0.15, 0.2) is 12.3 Å². The highest BCUT2D eigenvalue weighted by Crippen LogP contribution is 2.21. The van der Waals surface area contributed by atoms with Crippen LogP contribution in [0.25, 0.3) is 0 Å². The summed E-state index contributed by atoms with van der Waals surface area (Å²) in [6.45, 7) is 0.323. The molecule has 1 rings (SSSR count). The van der Waals surface area contributed by atoms with Crippen LogP contribution >= 0.6 is 11.6 Å². The van der Waals surface area contributed by atoms with Crippen molar-refractivity contribution in [1.82, 2.24) is 4.98 Å².